The maximum absolute atomic E-state index is 7.56. The van der Waals surface area contributed by atoms with Gasteiger partial charge in [-0.05, 0) is 141 Å². The zero-order valence-corrected chi connectivity index (χ0v) is 44.0. The van der Waals surface area contributed by atoms with Gasteiger partial charge in [0.2, 0.25) is 0 Å². The number of nitrogens with zero attached hydrogens (tertiary/aromatic N) is 3. The molecule has 0 saturated heterocycles. The van der Waals surface area contributed by atoms with Crippen molar-refractivity contribution in [2.75, 3.05) is 14.7 Å². The molecular formula is C69H59B2N3O2. The summed E-state index contributed by atoms with van der Waals surface area (Å²) in [5, 5.41) is 0. The zero-order valence-electron chi connectivity index (χ0n) is 44.0. The minimum atomic E-state index is -0.140. The second kappa shape index (κ2) is 19.2. The minimum Gasteiger partial charge on any atom is -0.458 e. The average molecular weight is 984 g/mol. The van der Waals surface area contributed by atoms with Gasteiger partial charge in [-0.1, -0.05) is 180 Å². The molecule has 13 rings (SSSR count). The quantitative estimate of drug-likeness (QED) is 0.120. The third-order valence-corrected chi connectivity index (χ3v) is 15.7. The van der Waals surface area contributed by atoms with E-state index in [9.17, 15) is 0 Å². The number of benzene rings is 10. The van der Waals surface area contributed by atoms with Crippen LogP contribution in [0.15, 0.2) is 231 Å². The number of rotatable bonds is 11. The van der Waals surface area contributed by atoms with Crippen LogP contribution >= 0.6 is 0 Å². The maximum Gasteiger partial charge on any atom is 0.256 e. The van der Waals surface area contributed by atoms with Crippen LogP contribution in [0.2, 0.25) is 0 Å². The summed E-state index contributed by atoms with van der Waals surface area (Å²) in [5.41, 5.74) is 20.9. The molecule has 368 valence electrons. The molecule has 3 aliphatic heterocycles. The van der Waals surface area contributed by atoms with Crippen molar-refractivity contribution in [3.63, 3.8) is 0 Å². The predicted octanol–water partition coefficient (Wildman–Crippen LogP) is 15.0. The molecule has 0 radical (unpaired) electrons. The topological polar surface area (TPSA) is 28.2 Å². The summed E-state index contributed by atoms with van der Waals surface area (Å²) in [4.78, 5) is 7.12. The first-order valence-electron chi connectivity index (χ1n) is 27.0. The first-order valence-corrected chi connectivity index (χ1v) is 27.0. The highest BCUT2D eigenvalue weighted by atomic mass is 16.5. The molecule has 10 aromatic carbocycles. The van der Waals surface area contributed by atoms with Gasteiger partial charge < -0.3 is 24.2 Å². The van der Waals surface area contributed by atoms with Crippen molar-refractivity contribution in [2.45, 2.75) is 59.3 Å². The molecule has 3 aliphatic rings. The average Bonchev–Trinajstić information content (AvgIpc) is 3.65. The number of anilines is 9. The van der Waals surface area contributed by atoms with Gasteiger partial charge in [-0.15, -0.1) is 0 Å². The molecule has 0 N–H and O–H groups in total. The van der Waals surface area contributed by atoms with E-state index in [1.54, 1.807) is 0 Å². The Bertz CT molecular complexity index is 3670. The van der Waals surface area contributed by atoms with Crippen molar-refractivity contribution in [2.24, 2.45) is 0 Å². The molecule has 0 aromatic heterocycles. The van der Waals surface area contributed by atoms with Crippen LogP contribution in [0.5, 0.6) is 23.0 Å². The summed E-state index contributed by atoms with van der Waals surface area (Å²) in [6, 6.07) is 83.5. The lowest BCUT2D eigenvalue weighted by Gasteiger charge is -2.42. The lowest BCUT2D eigenvalue weighted by Crippen LogP contribution is -2.62. The molecule has 0 atom stereocenters. The molecule has 76 heavy (non-hydrogen) atoms. The van der Waals surface area contributed by atoms with Gasteiger partial charge in [-0.3, -0.25) is 0 Å². The highest BCUT2D eigenvalue weighted by molar-refractivity contribution is 7.01. The smallest absolute Gasteiger partial charge is 0.256 e. The van der Waals surface area contributed by atoms with Gasteiger partial charge in [0.15, 0.2) is 0 Å². The van der Waals surface area contributed by atoms with E-state index in [-0.39, 0.29) is 25.3 Å². The summed E-state index contributed by atoms with van der Waals surface area (Å²) in [5.74, 6) is 4.35. The number of hydrogen-bond donors (Lipinski definition) is 0. The zero-order chi connectivity index (χ0) is 51.6. The molecule has 0 aliphatic carbocycles. The van der Waals surface area contributed by atoms with Gasteiger partial charge >= 0.3 is 0 Å². The van der Waals surface area contributed by atoms with Gasteiger partial charge in [0.1, 0.15) is 23.0 Å². The van der Waals surface area contributed by atoms with Crippen molar-refractivity contribution in [1.82, 2.24) is 0 Å². The largest absolute Gasteiger partial charge is 0.458 e. The molecule has 0 saturated carbocycles. The van der Waals surface area contributed by atoms with Gasteiger partial charge in [-0.2, -0.15) is 0 Å². The molecule has 0 unspecified atom stereocenters. The van der Waals surface area contributed by atoms with Gasteiger partial charge in [-0.25, -0.2) is 0 Å². The van der Waals surface area contributed by atoms with Crippen LogP contribution in [0, 0.1) is 0 Å². The Hall–Kier alpha value is -8.67. The lowest BCUT2D eigenvalue weighted by molar-refractivity contribution is 0.487. The highest BCUT2D eigenvalue weighted by Crippen LogP contribution is 2.47. The Balaban J connectivity index is 1.09. The van der Waals surface area contributed by atoms with Crippen molar-refractivity contribution in [1.29, 1.82) is 0 Å². The fraction of sp³-hybridized carbons (Fsp3) is 0.130. The van der Waals surface area contributed by atoms with E-state index in [0.717, 1.165) is 90.6 Å². The summed E-state index contributed by atoms with van der Waals surface area (Å²) in [7, 11) is 0. The van der Waals surface area contributed by atoms with E-state index >= 15 is 0 Å². The molecule has 5 nitrogen and oxygen atoms in total. The first kappa shape index (κ1) is 47.1. The molecular weight excluding hydrogens is 924 g/mol. The van der Waals surface area contributed by atoms with E-state index < -0.39 is 0 Å². The van der Waals surface area contributed by atoms with E-state index in [1.165, 1.54) is 33.1 Å². The van der Waals surface area contributed by atoms with Crippen LogP contribution in [0.4, 0.5) is 51.2 Å². The Morgan fingerprint density at radius 1 is 0.329 bits per heavy atom. The van der Waals surface area contributed by atoms with Gasteiger partial charge in [0.25, 0.3) is 13.4 Å². The van der Waals surface area contributed by atoms with Gasteiger partial charge in [0.05, 0.1) is 5.69 Å². The number of para-hydroxylation sites is 6. The van der Waals surface area contributed by atoms with Crippen LogP contribution in [0.3, 0.4) is 0 Å². The normalized spacial score (nSPS) is 12.8. The molecule has 10 aromatic rings. The Kier molecular flexibility index (Phi) is 11.9. The van der Waals surface area contributed by atoms with E-state index in [0.29, 0.717) is 5.92 Å². The molecule has 0 amide bonds. The lowest BCUT2D eigenvalue weighted by atomic mass is 9.31. The van der Waals surface area contributed by atoms with Crippen molar-refractivity contribution < 1.29 is 9.47 Å². The summed E-state index contributed by atoms with van der Waals surface area (Å²) in [6.45, 7) is 13.8. The fourth-order valence-corrected chi connectivity index (χ4v) is 12.2. The fourth-order valence-electron chi connectivity index (χ4n) is 12.2. The number of hydrogen-bond acceptors (Lipinski definition) is 5. The van der Waals surface area contributed by atoms with Crippen LogP contribution in [-0.4, -0.2) is 13.4 Å². The van der Waals surface area contributed by atoms with E-state index in [1.807, 2.05) is 0 Å². The molecule has 7 heteroatoms. The van der Waals surface area contributed by atoms with Crippen molar-refractivity contribution in [3.8, 4) is 23.0 Å². The molecule has 0 fully saturated rings. The van der Waals surface area contributed by atoms with Gasteiger partial charge in [0, 0.05) is 63.7 Å². The summed E-state index contributed by atoms with van der Waals surface area (Å²) < 4.78 is 14.7. The third-order valence-electron chi connectivity index (χ3n) is 15.7. The van der Waals surface area contributed by atoms with E-state index in [4.69, 9.17) is 9.47 Å². The van der Waals surface area contributed by atoms with Crippen LogP contribution < -0.4 is 57.0 Å². The van der Waals surface area contributed by atoms with Crippen LogP contribution in [-0.2, 0) is 0 Å². The number of ether oxygens (including phenoxy) is 2. The van der Waals surface area contributed by atoms with E-state index in [2.05, 4.69) is 287 Å². The SMILES string of the molecule is CC(C)c1cc(C(C)C)c(B2c3ccc(N(c4ccccc4)c4ccccc4)cc3Oc3cc4c(cc32)B2c3ccccc3Oc3cc(N(c5ccccc5)c5ccccc5)cc(c32)N4c2ccccc2)c(C(C)C)c1. The molecule has 3 heterocycles. The highest BCUT2D eigenvalue weighted by Gasteiger charge is 2.46. The Morgan fingerprint density at radius 3 is 1.34 bits per heavy atom. The summed E-state index contributed by atoms with van der Waals surface area (Å²) in [6.07, 6.45) is 0. The van der Waals surface area contributed by atoms with Crippen LogP contribution in [0.1, 0.15) is 76.0 Å². The Morgan fingerprint density at radius 2 is 0.789 bits per heavy atom. The summed E-state index contributed by atoms with van der Waals surface area (Å²) >= 11 is 0. The molecule has 0 bridgehead atoms. The second-order valence-corrected chi connectivity index (χ2v) is 21.4. The second-order valence-electron chi connectivity index (χ2n) is 21.4. The van der Waals surface area contributed by atoms with Crippen LogP contribution in [0.25, 0.3) is 0 Å². The maximum atomic E-state index is 7.56. The minimum absolute atomic E-state index is 0.134. The van der Waals surface area contributed by atoms with Crippen molar-refractivity contribution in [3.05, 3.63) is 247 Å². The third kappa shape index (κ3) is 8.04. The standard InChI is InChI=1S/C69H59B2N3O2/c1-45(2)48-38-56(46(3)4)68(57(39-48)47(5)6)71-59-37-36-54(72(49-24-12-7-13-25-49)50-26-14-8-15-27-50)41-65(59)76-66-44-62-60(43-61(66)71)70-58-34-22-23-35-64(58)75-67-42-55(40-63(69(67)70)74(62)53-32-20-11-21-33-53)73(51-28-16-9-17-29-51)52-30-18-10-19-31-52/h7-47H,1-6H3. The first-order chi connectivity index (χ1) is 37.2. The Labute approximate surface area is 448 Å². The monoisotopic (exact) mass is 983 g/mol. The van der Waals surface area contributed by atoms with Crippen molar-refractivity contribution >= 4 is 97.4 Å². The number of fused-ring (bicyclic) bond motifs is 6. The molecule has 0 spiro atoms. The predicted molar refractivity (Wildman–Crippen MR) is 322 cm³/mol.